The minimum Gasteiger partial charge on any atom is -0.356 e. The van der Waals surface area contributed by atoms with E-state index in [1.807, 2.05) is 24.3 Å². The molecule has 2 aliphatic heterocycles. The van der Waals surface area contributed by atoms with E-state index in [1.54, 1.807) is 4.90 Å². The number of para-hydroxylation sites is 1. The van der Waals surface area contributed by atoms with Crippen LogP contribution >= 0.6 is 12.2 Å². The first kappa shape index (κ1) is 20.2. The van der Waals surface area contributed by atoms with E-state index in [0.29, 0.717) is 18.1 Å². The second-order valence-electron chi connectivity index (χ2n) is 8.92. The molecule has 1 amide bonds. The number of nitrogens with one attached hydrogen (secondary N) is 1. The molecule has 164 valence electrons. The van der Waals surface area contributed by atoms with Crippen LogP contribution in [-0.4, -0.2) is 31.8 Å². The van der Waals surface area contributed by atoms with Gasteiger partial charge in [-0.3, -0.25) is 9.69 Å². The highest BCUT2D eigenvalue weighted by atomic mass is 32.1. The monoisotopic (exact) mass is 451 g/mol. The lowest BCUT2D eigenvalue weighted by molar-refractivity contribution is -0.129. The molecule has 0 spiro atoms. The lowest BCUT2D eigenvalue weighted by Gasteiger charge is -2.37. The van der Waals surface area contributed by atoms with Crippen molar-refractivity contribution in [3.8, 4) is 0 Å². The highest BCUT2D eigenvalue weighted by Crippen LogP contribution is 2.43. The van der Waals surface area contributed by atoms with Crippen molar-refractivity contribution in [1.29, 1.82) is 0 Å². The van der Waals surface area contributed by atoms with Gasteiger partial charge in [-0.05, 0) is 47.8 Å². The second-order valence-corrected chi connectivity index (χ2v) is 9.29. The normalized spacial score (nSPS) is 19.8. The number of nitrogens with zero attached hydrogens (tertiary/aromatic N) is 2. The molecule has 3 aromatic carbocycles. The second kappa shape index (κ2) is 8.16. The van der Waals surface area contributed by atoms with Crippen LogP contribution in [0.5, 0.6) is 0 Å². The van der Waals surface area contributed by atoms with Crippen molar-refractivity contribution < 1.29 is 4.79 Å². The molecule has 1 aromatic heterocycles. The maximum Gasteiger partial charge on any atom is 0.252 e. The van der Waals surface area contributed by atoms with Gasteiger partial charge in [-0.25, -0.2) is 0 Å². The molecular weight excluding hydrogens is 426 g/mol. The summed E-state index contributed by atoms with van der Waals surface area (Å²) in [5.41, 5.74) is 6.00. The van der Waals surface area contributed by atoms with Crippen molar-refractivity contribution >= 4 is 34.1 Å². The quantitative estimate of drug-likeness (QED) is 0.413. The average molecular weight is 452 g/mol. The Morgan fingerprint density at radius 3 is 2.30 bits per heavy atom. The van der Waals surface area contributed by atoms with Gasteiger partial charge in [0, 0.05) is 23.0 Å². The van der Waals surface area contributed by atoms with Gasteiger partial charge >= 0.3 is 0 Å². The topological polar surface area (TPSA) is 39.3 Å². The van der Waals surface area contributed by atoms with Crippen LogP contribution in [0.4, 0.5) is 0 Å². The predicted molar refractivity (Wildman–Crippen MR) is 135 cm³/mol. The molecular formula is C28H25N3OS. The molecule has 0 saturated carbocycles. The van der Waals surface area contributed by atoms with Crippen LogP contribution in [0.2, 0.25) is 0 Å². The summed E-state index contributed by atoms with van der Waals surface area (Å²) in [7, 11) is 0. The molecule has 5 heteroatoms. The van der Waals surface area contributed by atoms with Crippen LogP contribution in [0.15, 0.2) is 84.9 Å². The number of benzene rings is 3. The highest BCUT2D eigenvalue weighted by Gasteiger charge is 2.49. The zero-order valence-electron chi connectivity index (χ0n) is 18.3. The zero-order chi connectivity index (χ0) is 22.4. The Morgan fingerprint density at radius 1 is 0.879 bits per heavy atom. The molecule has 2 atom stereocenters. The van der Waals surface area contributed by atoms with Gasteiger partial charge < -0.3 is 9.88 Å². The molecule has 4 aromatic rings. The van der Waals surface area contributed by atoms with Gasteiger partial charge in [-0.15, -0.1) is 0 Å². The number of aryl methyl sites for hydroxylation is 1. The number of hydrogen-bond donors (Lipinski definition) is 1. The van der Waals surface area contributed by atoms with Crippen LogP contribution in [0.1, 0.15) is 34.8 Å². The number of carbonyl (C=O) groups excluding carboxylic acids is 1. The van der Waals surface area contributed by atoms with Crippen LogP contribution in [0, 0.1) is 0 Å². The fraction of sp³-hybridized carbons (Fsp3) is 0.214. The molecule has 1 fully saturated rings. The van der Waals surface area contributed by atoms with Gasteiger partial charge in [0.15, 0.2) is 5.11 Å². The summed E-state index contributed by atoms with van der Waals surface area (Å²) in [6.07, 6.45) is 2.51. The minimum atomic E-state index is -0.242. The number of fused-ring (bicyclic) bond motifs is 4. The van der Waals surface area contributed by atoms with E-state index >= 15 is 0 Å². The Bertz CT molecular complexity index is 1330. The van der Waals surface area contributed by atoms with E-state index < -0.39 is 0 Å². The standard InChI is InChI=1S/C28H25N3OS/c32-27-25-17-22-21-13-7-8-14-23(21)29-26(22)24(16-15-19-9-3-1-4-10-19)31(25)28(33)30(27)18-20-11-5-2-6-12-20/h1-14,24-25,29H,15-18H2/t24-,25+/m0/s1. The summed E-state index contributed by atoms with van der Waals surface area (Å²) in [5.74, 6) is 0.115. The van der Waals surface area contributed by atoms with Crippen LogP contribution in [0.25, 0.3) is 10.9 Å². The first-order chi connectivity index (χ1) is 16.2. The Morgan fingerprint density at radius 2 is 1.55 bits per heavy atom. The molecule has 2 aliphatic rings. The molecule has 6 rings (SSSR count). The summed E-state index contributed by atoms with van der Waals surface area (Å²) < 4.78 is 0. The van der Waals surface area contributed by atoms with E-state index in [-0.39, 0.29) is 18.0 Å². The number of amides is 1. The van der Waals surface area contributed by atoms with Crippen molar-refractivity contribution in [3.63, 3.8) is 0 Å². The first-order valence-corrected chi connectivity index (χ1v) is 11.9. The number of hydrogen-bond acceptors (Lipinski definition) is 2. The SMILES string of the molecule is O=C1[C@H]2Cc3c([nH]c4ccccc34)[C@H](CCc3ccccc3)N2C(=S)N1Cc1ccccc1. The Labute approximate surface area is 198 Å². The lowest BCUT2D eigenvalue weighted by atomic mass is 9.89. The molecule has 1 saturated heterocycles. The number of thiocarbonyl (C=S) groups is 1. The van der Waals surface area contributed by atoms with Gasteiger partial charge in [-0.2, -0.15) is 0 Å². The average Bonchev–Trinajstić information content (AvgIpc) is 3.34. The molecule has 1 N–H and O–H groups in total. The first-order valence-electron chi connectivity index (χ1n) is 11.5. The van der Waals surface area contributed by atoms with Crippen molar-refractivity contribution in [3.05, 3.63) is 107 Å². The van der Waals surface area contributed by atoms with Gasteiger partial charge in [0.2, 0.25) is 0 Å². The summed E-state index contributed by atoms with van der Waals surface area (Å²) in [6.45, 7) is 0.519. The third-order valence-electron chi connectivity index (χ3n) is 6.98. The van der Waals surface area contributed by atoms with E-state index in [1.165, 1.54) is 22.2 Å². The smallest absolute Gasteiger partial charge is 0.252 e. The summed E-state index contributed by atoms with van der Waals surface area (Å²) in [5, 5.41) is 1.87. The van der Waals surface area contributed by atoms with Gasteiger partial charge in [-0.1, -0.05) is 78.9 Å². The van der Waals surface area contributed by atoms with Gasteiger partial charge in [0.1, 0.15) is 6.04 Å². The number of aromatic amines is 1. The minimum absolute atomic E-state index is 0.0450. The van der Waals surface area contributed by atoms with E-state index in [2.05, 4.69) is 70.5 Å². The van der Waals surface area contributed by atoms with E-state index in [0.717, 1.165) is 23.9 Å². The summed E-state index contributed by atoms with van der Waals surface area (Å²) >= 11 is 5.95. The molecule has 0 aliphatic carbocycles. The van der Waals surface area contributed by atoms with Crippen LogP contribution < -0.4 is 0 Å². The maximum absolute atomic E-state index is 13.6. The maximum atomic E-state index is 13.6. The van der Waals surface area contributed by atoms with E-state index in [9.17, 15) is 4.79 Å². The fourth-order valence-electron chi connectivity index (χ4n) is 5.40. The third kappa shape index (κ3) is 3.44. The van der Waals surface area contributed by atoms with Crippen molar-refractivity contribution in [2.75, 3.05) is 0 Å². The highest BCUT2D eigenvalue weighted by molar-refractivity contribution is 7.80. The largest absolute Gasteiger partial charge is 0.356 e. The van der Waals surface area contributed by atoms with Crippen LogP contribution in [0.3, 0.4) is 0 Å². The van der Waals surface area contributed by atoms with Crippen molar-refractivity contribution in [2.24, 2.45) is 0 Å². The molecule has 0 radical (unpaired) electrons. The number of H-pyrrole nitrogens is 1. The molecule has 0 unspecified atom stereocenters. The molecule has 3 heterocycles. The fourth-order valence-corrected chi connectivity index (χ4v) is 5.81. The molecule has 33 heavy (non-hydrogen) atoms. The lowest BCUT2D eigenvalue weighted by Crippen LogP contribution is -2.43. The Balaban J connectivity index is 1.38. The third-order valence-corrected chi connectivity index (χ3v) is 7.42. The van der Waals surface area contributed by atoms with Gasteiger partial charge in [0.05, 0.1) is 12.6 Å². The molecule has 0 bridgehead atoms. The number of aromatic nitrogens is 1. The Kier molecular flexibility index (Phi) is 4.99. The summed E-state index contributed by atoms with van der Waals surface area (Å²) in [4.78, 5) is 21.3. The predicted octanol–water partition coefficient (Wildman–Crippen LogP) is 5.40. The van der Waals surface area contributed by atoms with Gasteiger partial charge in [0.25, 0.3) is 5.91 Å². The van der Waals surface area contributed by atoms with Crippen molar-refractivity contribution in [1.82, 2.24) is 14.8 Å². The summed E-state index contributed by atoms with van der Waals surface area (Å²) in [6, 6.07) is 28.9. The van der Waals surface area contributed by atoms with Crippen LogP contribution in [-0.2, 0) is 24.2 Å². The number of carbonyl (C=O) groups is 1. The number of rotatable bonds is 5. The zero-order valence-corrected chi connectivity index (χ0v) is 19.1. The Hall–Kier alpha value is -3.44. The molecule has 4 nitrogen and oxygen atoms in total. The van der Waals surface area contributed by atoms with Crippen molar-refractivity contribution in [2.45, 2.75) is 37.9 Å². The van der Waals surface area contributed by atoms with E-state index in [4.69, 9.17) is 12.2 Å².